The summed E-state index contributed by atoms with van der Waals surface area (Å²) in [5.41, 5.74) is 2.48. The molecule has 1 aliphatic rings. The summed E-state index contributed by atoms with van der Waals surface area (Å²) in [7, 11) is 0. The topological polar surface area (TPSA) is 83.5 Å². The number of carbonyl (C=O) groups excluding carboxylic acids is 3. The minimum absolute atomic E-state index is 0.217. The van der Waals surface area contributed by atoms with E-state index in [-0.39, 0.29) is 37.1 Å². The molecule has 1 fully saturated rings. The minimum atomic E-state index is -0.236. The van der Waals surface area contributed by atoms with E-state index in [1.807, 2.05) is 42.5 Å². The molecule has 0 bridgehead atoms. The summed E-state index contributed by atoms with van der Waals surface area (Å²) >= 11 is 1.44. The van der Waals surface area contributed by atoms with Gasteiger partial charge in [0.25, 0.3) is 5.91 Å². The molecule has 32 heavy (non-hydrogen) atoms. The summed E-state index contributed by atoms with van der Waals surface area (Å²) < 4.78 is 0.989. The van der Waals surface area contributed by atoms with Crippen LogP contribution in [-0.2, 0) is 16.1 Å². The third-order valence-electron chi connectivity index (χ3n) is 5.23. The van der Waals surface area contributed by atoms with Crippen LogP contribution >= 0.6 is 11.3 Å². The number of rotatable bonds is 5. The fourth-order valence-corrected chi connectivity index (χ4v) is 4.59. The van der Waals surface area contributed by atoms with E-state index in [0.717, 1.165) is 15.9 Å². The first-order valence-electron chi connectivity index (χ1n) is 10.1. The third-order valence-corrected chi connectivity index (χ3v) is 6.29. The Morgan fingerprint density at radius 2 is 1.66 bits per heavy atom. The van der Waals surface area contributed by atoms with Gasteiger partial charge in [0.15, 0.2) is 5.13 Å². The zero-order valence-electron chi connectivity index (χ0n) is 17.0. The van der Waals surface area contributed by atoms with Gasteiger partial charge in [-0.25, -0.2) is 4.98 Å². The number of pyridine rings is 1. The van der Waals surface area contributed by atoms with Crippen LogP contribution in [-0.4, -0.2) is 27.7 Å². The van der Waals surface area contributed by atoms with Crippen LogP contribution in [0.3, 0.4) is 0 Å². The number of amides is 3. The molecule has 2 aromatic heterocycles. The average molecular weight is 443 g/mol. The quantitative estimate of drug-likeness (QED) is 0.433. The Labute approximate surface area is 187 Å². The Kier molecular flexibility index (Phi) is 5.20. The van der Waals surface area contributed by atoms with E-state index in [1.54, 1.807) is 35.4 Å². The fraction of sp³-hybridized carbons (Fsp3) is 0.125. The molecule has 0 saturated carbocycles. The molecule has 4 aromatic rings. The van der Waals surface area contributed by atoms with E-state index in [1.165, 1.54) is 16.2 Å². The third kappa shape index (κ3) is 3.76. The normalized spacial score (nSPS) is 13.7. The van der Waals surface area contributed by atoms with E-state index in [0.29, 0.717) is 16.4 Å². The standard InChI is InChI=1S/C24H18N4O3S/c29-21-12-13-22(30)28(21)18-10-8-16(9-11-18)23(31)27(15-17-5-3-4-14-25-17)24-26-19-6-1-2-7-20(19)32-24/h1-11,14H,12-13,15H2. The molecule has 0 unspecified atom stereocenters. The van der Waals surface area contributed by atoms with E-state index in [4.69, 9.17) is 0 Å². The van der Waals surface area contributed by atoms with Gasteiger partial charge in [-0.2, -0.15) is 0 Å². The molecular weight excluding hydrogens is 424 g/mol. The summed E-state index contributed by atoms with van der Waals surface area (Å²) in [5.74, 6) is -0.680. The fourth-order valence-electron chi connectivity index (χ4n) is 3.63. The van der Waals surface area contributed by atoms with Crippen molar-refractivity contribution in [1.29, 1.82) is 0 Å². The summed E-state index contributed by atoms with van der Waals surface area (Å²) in [6, 6.07) is 19.8. The second-order valence-corrected chi connectivity index (χ2v) is 8.36. The maximum Gasteiger partial charge on any atom is 0.260 e. The second kappa shape index (κ2) is 8.32. The average Bonchev–Trinajstić information content (AvgIpc) is 3.40. The van der Waals surface area contributed by atoms with Crippen LogP contribution in [0, 0.1) is 0 Å². The zero-order valence-corrected chi connectivity index (χ0v) is 17.8. The lowest BCUT2D eigenvalue weighted by Crippen LogP contribution is -2.31. The lowest BCUT2D eigenvalue weighted by molar-refractivity contribution is -0.121. The molecule has 1 saturated heterocycles. The first kappa shape index (κ1) is 20.0. The van der Waals surface area contributed by atoms with Gasteiger partial charge in [-0.15, -0.1) is 0 Å². The van der Waals surface area contributed by atoms with Gasteiger partial charge in [-0.1, -0.05) is 29.5 Å². The molecule has 3 heterocycles. The number of para-hydroxylation sites is 1. The Morgan fingerprint density at radius 1 is 0.938 bits per heavy atom. The smallest absolute Gasteiger partial charge is 0.260 e. The number of imide groups is 1. The van der Waals surface area contributed by atoms with Gasteiger partial charge in [-0.05, 0) is 48.5 Å². The van der Waals surface area contributed by atoms with Crippen LogP contribution in [0.5, 0.6) is 0 Å². The SMILES string of the molecule is O=C(c1ccc(N2C(=O)CCC2=O)cc1)N(Cc1ccccn1)c1nc2ccccc2s1. The highest BCUT2D eigenvalue weighted by molar-refractivity contribution is 7.22. The molecule has 8 heteroatoms. The van der Waals surface area contributed by atoms with Gasteiger partial charge in [0.2, 0.25) is 11.8 Å². The van der Waals surface area contributed by atoms with E-state index >= 15 is 0 Å². The van der Waals surface area contributed by atoms with Gasteiger partial charge in [0, 0.05) is 24.6 Å². The molecule has 0 radical (unpaired) electrons. The van der Waals surface area contributed by atoms with Crippen molar-refractivity contribution in [2.45, 2.75) is 19.4 Å². The van der Waals surface area contributed by atoms with Crippen molar-refractivity contribution in [3.8, 4) is 0 Å². The molecule has 5 rings (SSSR count). The van der Waals surface area contributed by atoms with Crippen molar-refractivity contribution in [2.24, 2.45) is 0 Å². The highest BCUT2D eigenvalue weighted by atomic mass is 32.1. The number of hydrogen-bond acceptors (Lipinski definition) is 6. The second-order valence-electron chi connectivity index (χ2n) is 7.35. The van der Waals surface area contributed by atoms with Crippen LogP contribution < -0.4 is 9.80 Å². The first-order chi connectivity index (χ1) is 15.6. The van der Waals surface area contributed by atoms with E-state index in [9.17, 15) is 14.4 Å². The summed E-state index contributed by atoms with van der Waals surface area (Å²) in [6.45, 7) is 0.268. The van der Waals surface area contributed by atoms with Gasteiger partial charge in [0.1, 0.15) is 0 Å². The Morgan fingerprint density at radius 3 is 2.34 bits per heavy atom. The molecule has 0 atom stereocenters. The van der Waals surface area contributed by atoms with Gasteiger partial charge in [0.05, 0.1) is 28.1 Å². The minimum Gasteiger partial charge on any atom is -0.278 e. The summed E-state index contributed by atoms with van der Waals surface area (Å²) in [4.78, 5) is 49.3. The maximum absolute atomic E-state index is 13.5. The van der Waals surface area contributed by atoms with Crippen LogP contribution in [0.4, 0.5) is 10.8 Å². The number of anilines is 2. The van der Waals surface area contributed by atoms with Crippen LogP contribution in [0.15, 0.2) is 72.9 Å². The maximum atomic E-state index is 13.5. The molecule has 0 aliphatic carbocycles. The summed E-state index contributed by atoms with van der Waals surface area (Å²) in [6.07, 6.45) is 2.12. The van der Waals surface area contributed by atoms with Gasteiger partial charge >= 0.3 is 0 Å². The van der Waals surface area contributed by atoms with Gasteiger partial charge < -0.3 is 0 Å². The predicted molar refractivity (Wildman–Crippen MR) is 123 cm³/mol. The van der Waals surface area contributed by atoms with Crippen molar-refractivity contribution in [1.82, 2.24) is 9.97 Å². The molecule has 2 aromatic carbocycles. The van der Waals surface area contributed by atoms with Crippen molar-refractivity contribution in [3.63, 3.8) is 0 Å². The van der Waals surface area contributed by atoms with Crippen LogP contribution in [0.2, 0.25) is 0 Å². The van der Waals surface area contributed by atoms with Crippen molar-refractivity contribution >= 4 is 50.1 Å². The first-order valence-corrected chi connectivity index (χ1v) is 10.9. The molecule has 158 valence electrons. The van der Waals surface area contributed by atoms with Crippen LogP contribution in [0.1, 0.15) is 28.9 Å². The highest BCUT2D eigenvalue weighted by Gasteiger charge is 2.30. The number of nitrogens with zero attached hydrogens (tertiary/aromatic N) is 4. The molecule has 7 nitrogen and oxygen atoms in total. The Hall–Kier alpha value is -3.91. The monoisotopic (exact) mass is 442 g/mol. The number of thiazole rings is 1. The van der Waals surface area contributed by atoms with Crippen molar-refractivity contribution in [2.75, 3.05) is 9.80 Å². The van der Waals surface area contributed by atoms with Crippen molar-refractivity contribution in [3.05, 3.63) is 84.2 Å². The van der Waals surface area contributed by atoms with Crippen molar-refractivity contribution < 1.29 is 14.4 Å². The number of carbonyl (C=O) groups is 3. The van der Waals surface area contributed by atoms with E-state index < -0.39 is 0 Å². The van der Waals surface area contributed by atoms with Gasteiger partial charge in [-0.3, -0.25) is 29.2 Å². The largest absolute Gasteiger partial charge is 0.278 e. The number of hydrogen-bond donors (Lipinski definition) is 0. The Bertz CT molecular complexity index is 1270. The molecule has 3 amide bonds. The molecule has 1 aliphatic heterocycles. The lowest BCUT2D eigenvalue weighted by atomic mass is 10.1. The highest BCUT2D eigenvalue weighted by Crippen LogP contribution is 2.31. The number of benzene rings is 2. The van der Waals surface area contributed by atoms with E-state index in [2.05, 4.69) is 9.97 Å². The van der Waals surface area contributed by atoms with Crippen LogP contribution in [0.25, 0.3) is 10.2 Å². The number of fused-ring (bicyclic) bond motifs is 1. The molecular formula is C24H18N4O3S. The Balaban J connectivity index is 1.48. The molecule has 0 spiro atoms. The predicted octanol–water partition coefficient (Wildman–Crippen LogP) is 4.19. The molecule has 0 N–H and O–H groups in total. The lowest BCUT2D eigenvalue weighted by Gasteiger charge is -2.20. The summed E-state index contributed by atoms with van der Waals surface area (Å²) in [5, 5.41) is 0.579. The number of aromatic nitrogens is 2. The zero-order chi connectivity index (χ0) is 22.1.